The van der Waals surface area contributed by atoms with Crippen LogP contribution in [0.25, 0.3) is 0 Å². The van der Waals surface area contributed by atoms with Gasteiger partial charge in [0.25, 0.3) is 11.6 Å². The first-order valence-corrected chi connectivity index (χ1v) is 4.98. The molecule has 1 aromatic rings. The zero-order chi connectivity index (χ0) is 13.3. The fourth-order valence-electron chi connectivity index (χ4n) is 1.63. The average Bonchev–Trinajstić information content (AvgIpc) is 2.68. The van der Waals surface area contributed by atoms with Gasteiger partial charge in [-0.3, -0.25) is 14.9 Å². The van der Waals surface area contributed by atoms with Crippen molar-refractivity contribution in [2.45, 2.75) is 0 Å². The standard InChI is InChI=1S/C10H9N3O5/c1-18-8-4-6(13(16)17)2-3-7(8)12-9(14)5-11-10(12)15/h2-4H,5H2,1H3,(H,11,15). The summed E-state index contributed by atoms with van der Waals surface area (Å²) >= 11 is 0. The SMILES string of the molecule is COc1cc([N+](=O)[O-])ccc1N1C(=O)CNC1=O. The number of ether oxygens (including phenoxy) is 1. The van der Waals surface area contributed by atoms with Crippen molar-refractivity contribution in [2.75, 3.05) is 18.6 Å². The van der Waals surface area contributed by atoms with E-state index in [1.165, 1.54) is 19.2 Å². The lowest BCUT2D eigenvalue weighted by atomic mass is 10.2. The van der Waals surface area contributed by atoms with Crippen LogP contribution in [0.2, 0.25) is 0 Å². The number of nitrogens with zero attached hydrogens (tertiary/aromatic N) is 2. The van der Waals surface area contributed by atoms with Gasteiger partial charge < -0.3 is 10.1 Å². The first kappa shape index (κ1) is 11.8. The molecule has 2 rings (SSSR count). The Kier molecular flexibility index (Phi) is 2.84. The van der Waals surface area contributed by atoms with E-state index in [1.54, 1.807) is 0 Å². The normalized spacial score (nSPS) is 14.6. The van der Waals surface area contributed by atoms with Crippen LogP contribution in [-0.4, -0.2) is 30.5 Å². The van der Waals surface area contributed by atoms with Crippen molar-refractivity contribution in [3.8, 4) is 5.75 Å². The van der Waals surface area contributed by atoms with E-state index in [2.05, 4.69) is 5.32 Å². The molecule has 0 spiro atoms. The number of methoxy groups -OCH3 is 1. The molecule has 0 bridgehead atoms. The van der Waals surface area contributed by atoms with Crippen molar-refractivity contribution in [2.24, 2.45) is 0 Å². The Balaban J connectivity index is 2.48. The zero-order valence-corrected chi connectivity index (χ0v) is 9.37. The highest BCUT2D eigenvalue weighted by molar-refractivity contribution is 6.20. The first-order chi connectivity index (χ1) is 8.54. The van der Waals surface area contributed by atoms with Crippen molar-refractivity contribution < 1.29 is 19.2 Å². The molecule has 1 N–H and O–H groups in total. The van der Waals surface area contributed by atoms with Crippen LogP contribution in [0.15, 0.2) is 18.2 Å². The number of nitro benzene ring substituents is 1. The van der Waals surface area contributed by atoms with Crippen LogP contribution in [0.3, 0.4) is 0 Å². The lowest BCUT2D eigenvalue weighted by Crippen LogP contribution is -2.31. The molecule has 0 aliphatic carbocycles. The quantitative estimate of drug-likeness (QED) is 0.483. The average molecular weight is 251 g/mol. The van der Waals surface area contributed by atoms with E-state index in [9.17, 15) is 19.7 Å². The summed E-state index contributed by atoms with van der Waals surface area (Å²) in [6.07, 6.45) is 0. The first-order valence-electron chi connectivity index (χ1n) is 4.98. The van der Waals surface area contributed by atoms with Gasteiger partial charge in [-0.15, -0.1) is 0 Å². The molecule has 0 saturated carbocycles. The van der Waals surface area contributed by atoms with Gasteiger partial charge in [0.2, 0.25) is 0 Å². The van der Waals surface area contributed by atoms with Crippen LogP contribution in [0.1, 0.15) is 0 Å². The second-order valence-corrected chi connectivity index (χ2v) is 3.50. The maximum atomic E-state index is 11.5. The highest BCUT2D eigenvalue weighted by atomic mass is 16.6. The molecule has 0 atom stereocenters. The van der Waals surface area contributed by atoms with Gasteiger partial charge in [-0.1, -0.05) is 0 Å². The van der Waals surface area contributed by atoms with Crippen LogP contribution < -0.4 is 15.0 Å². The minimum atomic E-state index is -0.585. The summed E-state index contributed by atoms with van der Waals surface area (Å²) in [4.78, 5) is 33.9. The molecule has 18 heavy (non-hydrogen) atoms. The van der Waals surface area contributed by atoms with Gasteiger partial charge >= 0.3 is 6.03 Å². The van der Waals surface area contributed by atoms with Gasteiger partial charge in [0.1, 0.15) is 5.75 Å². The van der Waals surface area contributed by atoms with Crippen molar-refractivity contribution in [1.82, 2.24) is 5.32 Å². The number of amides is 3. The van der Waals surface area contributed by atoms with Gasteiger partial charge in [0.05, 0.1) is 30.3 Å². The number of carbonyl (C=O) groups excluding carboxylic acids is 2. The summed E-state index contributed by atoms with van der Waals surface area (Å²) in [6, 6.07) is 3.09. The molecule has 8 nitrogen and oxygen atoms in total. The number of nitrogens with one attached hydrogen (secondary N) is 1. The fourth-order valence-corrected chi connectivity index (χ4v) is 1.63. The van der Waals surface area contributed by atoms with Crippen LogP contribution in [0.4, 0.5) is 16.2 Å². The molecular weight excluding hydrogens is 242 g/mol. The predicted molar refractivity (Wildman–Crippen MR) is 60.5 cm³/mol. The highest BCUT2D eigenvalue weighted by Crippen LogP contribution is 2.33. The number of nitro groups is 1. The lowest BCUT2D eigenvalue weighted by molar-refractivity contribution is -0.384. The van der Waals surface area contributed by atoms with Crippen molar-refractivity contribution in [3.63, 3.8) is 0 Å². The summed E-state index contributed by atoms with van der Waals surface area (Å²) in [5.74, 6) is -0.346. The number of non-ortho nitro benzene ring substituents is 1. The zero-order valence-electron chi connectivity index (χ0n) is 9.37. The highest BCUT2D eigenvalue weighted by Gasteiger charge is 2.32. The number of urea groups is 1. The fraction of sp³-hybridized carbons (Fsp3) is 0.200. The van der Waals surface area contributed by atoms with E-state index in [4.69, 9.17) is 4.74 Å². The van der Waals surface area contributed by atoms with Gasteiger partial charge in [0.15, 0.2) is 0 Å². The molecule has 8 heteroatoms. The van der Waals surface area contributed by atoms with E-state index >= 15 is 0 Å². The van der Waals surface area contributed by atoms with Crippen molar-refractivity contribution in [1.29, 1.82) is 0 Å². The number of rotatable bonds is 3. The summed E-state index contributed by atoms with van der Waals surface area (Å²) in [5, 5.41) is 13.0. The predicted octanol–water partition coefficient (Wildman–Crippen LogP) is 0.660. The molecule has 1 fully saturated rings. The number of anilines is 1. The summed E-state index contributed by atoms with van der Waals surface area (Å²) in [6.45, 7) is -0.0982. The summed E-state index contributed by atoms with van der Waals surface area (Å²) < 4.78 is 4.97. The van der Waals surface area contributed by atoms with E-state index < -0.39 is 16.9 Å². The van der Waals surface area contributed by atoms with E-state index in [-0.39, 0.29) is 23.7 Å². The molecule has 1 aliphatic rings. The van der Waals surface area contributed by atoms with E-state index in [0.29, 0.717) is 0 Å². The minimum absolute atomic E-state index is 0.0922. The lowest BCUT2D eigenvalue weighted by Gasteiger charge is -2.15. The Hall–Kier alpha value is -2.64. The number of hydrogen-bond acceptors (Lipinski definition) is 5. The molecule has 3 amide bonds. The Bertz CT molecular complexity index is 526. The maximum absolute atomic E-state index is 11.5. The molecule has 0 radical (unpaired) electrons. The largest absolute Gasteiger partial charge is 0.494 e. The Morgan fingerprint density at radius 2 is 2.17 bits per heavy atom. The van der Waals surface area contributed by atoms with Gasteiger partial charge in [-0.25, -0.2) is 9.69 Å². The second kappa shape index (κ2) is 4.32. The Morgan fingerprint density at radius 1 is 1.44 bits per heavy atom. The van der Waals surface area contributed by atoms with Crippen molar-refractivity contribution in [3.05, 3.63) is 28.3 Å². The van der Waals surface area contributed by atoms with Gasteiger partial charge in [-0.2, -0.15) is 0 Å². The number of imide groups is 1. The second-order valence-electron chi connectivity index (χ2n) is 3.50. The molecule has 1 aliphatic heterocycles. The van der Waals surface area contributed by atoms with Crippen LogP contribution >= 0.6 is 0 Å². The van der Waals surface area contributed by atoms with Crippen molar-refractivity contribution >= 4 is 23.3 Å². The third-order valence-corrected chi connectivity index (χ3v) is 2.46. The molecular formula is C10H9N3O5. The third-order valence-electron chi connectivity index (χ3n) is 2.46. The molecule has 1 heterocycles. The molecule has 1 aromatic carbocycles. The Morgan fingerprint density at radius 3 is 2.67 bits per heavy atom. The van der Waals surface area contributed by atoms with Gasteiger partial charge in [0, 0.05) is 6.07 Å². The van der Waals surface area contributed by atoms with Crippen LogP contribution in [-0.2, 0) is 4.79 Å². The number of hydrogen-bond donors (Lipinski definition) is 1. The molecule has 1 saturated heterocycles. The minimum Gasteiger partial charge on any atom is -0.494 e. The molecule has 0 aromatic heterocycles. The Labute approximate surface area is 101 Å². The van der Waals surface area contributed by atoms with E-state index in [1.807, 2.05) is 0 Å². The topological polar surface area (TPSA) is 102 Å². The van der Waals surface area contributed by atoms with Gasteiger partial charge in [-0.05, 0) is 6.07 Å². The maximum Gasteiger partial charge on any atom is 0.329 e. The number of carbonyl (C=O) groups is 2. The van der Waals surface area contributed by atoms with Crippen LogP contribution in [0, 0.1) is 10.1 Å². The third kappa shape index (κ3) is 1.83. The summed E-state index contributed by atoms with van der Waals surface area (Å²) in [7, 11) is 1.31. The molecule has 0 unspecified atom stereocenters. The van der Waals surface area contributed by atoms with Crippen LogP contribution in [0.5, 0.6) is 5.75 Å². The monoisotopic (exact) mass is 251 g/mol. The molecule has 94 valence electrons. The number of benzene rings is 1. The smallest absolute Gasteiger partial charge is 0.329 e. The summed E-state index contributed by atoms with van der Waals surface area (Å²) in [5.41, 5.74) is 0.00533. The van der Waals surface area contributed by atoms with E-state index in [0.717, 1.165) is 11.0 Å².